The lowest BCUT2D eigenvalue weighted by Crippen LogP contribution is -2.34. The number of hydrogen-bond acceptors (Lipinski definition) is 2. The Bertz CT molecular complexity index is 368. The molecule has 0 radical (unpaired) electrons. The Kier molecular flexibility index (Phi) is 4.24. The van der Waals surface area contributed by atoms with Gasteiger partial charge in [-0.3, -0.25) is 4.79 Å². The number of likely N-dealkylation sites (N-methyl/N-ethyl adjacent to an activating group) is 1. The van der Waals surface area contributed by atoms with Crippen LogP contribution in [-0.4, -0.2) is 18.9 Å². The first-order valence-corrected chi connectivity index (χ1v) is 5.04. The molecule has 82 valence electrons. The fourth-order valence-corrected chi connectivity index (χ4v) is 1.47. The zero-order chi connectivity index (χ0) is 11.4. The summed E-state index contributed by atoms with van der Waals surface area (Å²) in [5.41, 5.74) is 0.756. The molecule has 15 heavy (non-hydrogen) atoms. The summed E-state index contributed by atoms with van der Waals surface area (Å²) in [6.07, 6.45) is 0.472. The van der Waals surface area contributed by atoms with Crippen LogP contribution in [-0.2, 0) is 11.2 Å². The van der Waals surface area contributed by atoms with E-state index in [0.717, 1.165) is 5.56 Å². The molecule has 0 aromatic heterocycles. The Morgan fingerprint density at radius 3 is 2.73 bits per heavy atom. The number of rotatable bonds is 4. The third-order valence-corrected chi connectivity index (χ3v) is 2.57. The molecule has 1 aromatic carbocycles. The molecular formula is C11H13ClFNO. The SMILES string of the molecule is CN[C@H](Cc1ccc(Cl)c(F)c1)C(C)=O. The number of benzene rings is 1. The summed E-state index contributed by atoms with van der Waals surface area (Å²) in [6, 6.07) is 4.30. The number of carbonyl (C=O) groups excluding carboxylic acids is 1. The Hall–Kier alpha value is -0.930. The van der Waals surface area contributed by atoms with Crippen molar-refractivity contribution >= 4 is 17.4 Å². The molecule has 0 aliphatic heterocycles. The molecule has 0 heterocycles. The van der Waals surface area contributed by atoms with Gasteiger partial charge in [0.25, 0.3) is 0 Å². The molecule has 1 aromatic rings. The quantitative estimate of drug-likeness (QED) is 0.858. The molecule has 0 unspecified atom stereocenters. The highest BCUT2D eigenvalue weighted by Crippen LogP contribution is 2.16. The van der Waals surface area contributed by atoms with Gasteiger partial charge >= 0.3 is 0 Å². The van der Waals surface area contributed by atoms with Crippen LogP contribution in [0.4, 0.5) is 4.39 Å². The Balaban J connectivity index is 2.80. The van der Waals surface area contributed by atoms with Crippen LogP contribution in [0.5, 0.6) is 0 Å². The van der Waals surface area contributed by atoms with Crippen molar-refractivity contribution in [2.24, 2.45) is 0 Å². The summed E-state index contributed by atoms with van der Waals surface area (Å²) in [5, 5.41) is 2.98. The van der Waals surface area contributed by atoms with E-state index < -0.39 is 5.82 Å². The lowest BCUT2D eigenvalue weighted by Gasteiger charge is -2.12. The van der Waals surface area contributed by atoms with Crippen molar-refractivity contribution in [3.63, 3.8) is 0 Å². The van der Waals surface area contributed by atoms with Gasteiger partial charge in [0.05, 0.1) is 11.1 Å². The molecule has 1 rings (SSSR count). The van der Waals surface area contributed by atoms with E-state index >= 15 is 0 Å². The van der Waals surface area contributed by atoms with Crippen molar-refractivity contribution in [2.75, 3.05) is 7.05 Å². The van der Waals surface area contributed by atoms with Crippen LogP contribution < -0.4 is 5.32 Å². The number of carbonyl (C=O) groups is 1. The van der Waals surface area contributed by atoms with E-state index in [2.05, 4.69) is 5.32 Å². The Labute approximate surface area is 93.4 Å². The predicted octanol–water partition coefficient (Wildman–Crippen LogP) is 2.20. The van der Waals surface area contributed by atoms with Crippen molar-refractivity contribution < 1.29 is 9.18 Å². The van der Waals surface area contributed by atoms with Gasteiger partial charge in [-0.15, -0.1) is 0 Å². The fourth-order valence-electron chi connectivity index (χ4n) is 1.35. The van der Waals surface area contributed by atoms with E-state index in [9.17, 15) is 9.18 Å². The van der Waals surface area contributed by atoms with Crippen LogP contribution in [0.3, 0.4) is 0 Å². The van der Waals surface area contributed by atoms with E-state index in [1.165, 1.54) is 19.1 Å². The first-order valence-electron chi connectivity index (χ1n) is 4.66. The molecule has 0 bridgehead atoms. The van der Waals surface area contributed by atoms with E-state index in [4.69, 9.17) is 11.6 Å². The molecule has 0 saturated heterocycles. The minimum absolute atomic E-state index is 0.0351. The maximum Gasteiger partial charge on any atom is 0.147 e. The second-order valence-electron chi connectivity index (χ2n) is 3.40. The minimum atomic E-state index is -0.451. The lowest BCUT2D eigenvalue weighted by atomic mass is 10.0. The highest BCUT2D eigenvalue weighted by molar-refractivity contribution is 6.30. The average molecular weight is 230 g/mol. The van der Waals surface area contributed by atoms with Gasteiger partial charge in [0.2, 0.25) is 0 Å². The number of halogens is 2. The fraction of sp³-hybridized carbons (Fsp3) is 0.364. The monoisotopic (exact) mass is 229 g/mol. The van der Waals surface area contributed by atoms with Gasteiger partial charge in [-0.25, -0.2) is 4.39 Å². The Morgan fingerprint density at radius 1 is 1.60 bits per heavy atom. The third-order valence-electron chi connectivity index (χ3n) is 2.26. The first-order chi connectivity index (χ1) is 7.04. The van der Waals surface area contributed by atoms with Crippen molar-refractivity contribution in [1.82, 2.24) is 5.32 Å². The van der Waals surface area contributed by atoms with Gasteiger partial charge < -0.3 is 5.32 Å². The summed E-state index contributed by atoms with van der Waals surface area (Å²) in [5.74, 6) is -0.416. The van der Waals surface area contributed by atoms with E-state index in [1.807, 2.05) is 0 Å². The molecule has 4 heteroatoms. The van der Waals surface area contributed by atoms with Gasteiger partial charge in [-0.05, 0) is 38.1 Å². The third kappa shape index (κ3) is 3.29. The van der Waals surface area contributed by atoms with Crippen molar-refractivity contribution in [3.05, 3.63) is 34.6 Å². The van der Waals surface area contributed by atoms with Crippen LogP contribution in [0.1, 0.15) is 12.5 Å². The van der Waals surface area contributed by atoms with Gasteiger partial charge in [0.1, 0.15) is 11.6 Å². The summed E-state index contributed by atoms with van der Waals surface area (Å²) >= 11 is 5.56. The Morgan fingerprint density at radius 2 is 2.27 bits per heavy atom. The van der Waals surface area contributed by atoms with Crippen LogP contribution in [0.15, 0.2) is 18.2 Å². The van der Waals surface area contributed by atoms with Crippen molar-refractivity contribution in [1.29, 1.82) is 0 Å². The molecule has 0 spiro atoms. The molecule has 0 aliphatic carbocycles. The van der Waals surface area contributed by atoms with Crippen molar-refractivity contribution in [2.45, 2.75) is 19.4 Å². The zero-order valence-corrected chi connectivity index (χ0v) is 9.44. The van der Waals surface area contributed by atoms with Gasteiger partial charge in [0.15, 0.2) is 0 Å². The maximum absolute atomic E-state index is 13.1. The van der Waals surface area contributed by atoms with Gasteiger partial charge in [-0.1, -0.05) is 17.7 Å². The number of nitrogens with one attached hydrogen (secondary N) is 1. The zero-order valence-electron chi connectivity index (χ0n) is 8.68. The predicted molar refractivity (Wildman–Crippen MR) is 58.6 cm³/mol. The maximum atomic E-state index is 13.1. The average Bonchev–Trinajstić information content (AvgIpc) is 2.19. The molecule has 1 N–H and O–H groups in total. The molecule has 0 aliphatic rings. The molecule has 0 saturated carbocycles. The second-order valence-corrected chi connectivity index (χ2v) is 3.81. The van der Waals surface area contributed by atoms with Crippen LogP contribution in [0.2, 0.25) is 5.02 Å². The normalized spacial score (nSPS) is 12.5. The van der Waals surface area contributed by atoms with Gasteiger partial charge in [-0.2, -0.15) is 0 Å². The van der Waals surface area contributed by atoms with Crippen LogP contribution >= 0.6 is 11.6 Å². The number of ketones is 1. The summed E-state index contributed by atoms with van der Waals surface area (Å²) in [4.78, 5) is 11.1. The largest absolute Gasteiger partial charge is 0.310 e. The van der Waals surface area contributed by atoms with E-state index in [-0.39, 0.29) is 16.8 Å². The highest BCUT2D eigenvalue weighted by Gasteiger charge is 2.12. The first kappa shape index (κ1) is 12.1. The summed E-state index contributed by atoms with van der Waals surface area (Å²) < 4.78 is 13.1. The summed E-state index contributed by atoms with van der Waals surface area (Å²) in [6.45, 7) is 1.51. The number of Topliss-reactive ketones (excluding diaryl/α,β-unsaturated/α-hetero) is 1. The molecule has 1 atom stereocenters. The lowest BCUT2D eigenvalue weighted by molar-refractivity contribution is -0.118. The van der Waals surface area contributed by atoms with Crippen LogP contribution in [0.25, 0.3) is 0 Å². The molecule has 0 amide bonds. The smallest absolute Gasteiger partial charge is 0.147 e. The van der Waals surface area contributed by atoms with Gasteiger partial charge in [0, 0.05) is 0 Å². The van der Waals surface area contributed by atoms with E-state index in [1.54, 1.807) is 13.1 Å². The standard InChI is InChI=1S/C11H13ClFNO/c1-7(15)11(14-2)6-8-3-4-9(12)10(13)5-8/h3-5,11,14H,6H2,1-2H3/t11-/m1/s1. The topological polar surface area (TPSA) is 29.1 Å². The van der Waals surface area contributed by atoms with Crippen LogP contribution in [0, 0.1) is 5.82 Å². The minimum Gasteiger partial charge on any atom is -0.310 e. The molecule has 2 nitrogen and oxygen atoms in total. The molecule has 0 fully saturated rings. The van der Waals surface area contributed by atoms with E-state index in [0.29, 0.717) is 6.42 Å². The summed E-state index contributed by atoms with van der Waals surface area (Å²) in [7, 11) is 1.71. The highest BCUT2D eigenvalue weighted by atomic mass is 35.5. The number of hydrogen-bond donors (Lipinski definition) is 1. The second kappa shape index (κ2) is 5.24. The molecular weight excluding hydrogens is 217 g/mol. The van der Waals surface area contributed by atoms with Crippen molar-refractivity contribution in [3.8, 4) is 0 Å².